The molecule has 7 nitrogen and oxygen atoms in total. The van der Waals surface area contributed by atoms with Gasteiger partial charge in [-0.2, -0.15) is 8.78 Å². The molecular formula is C21H26F4N2O5. The number of aldehydes is 1. The number of hydrogen-bond donors (Lipinski definition) is 2. The van der Waals surface area contributed by atoms with E-state index in [4.69, 9.17) is 4.74 Å². The van der Waals surface area contributed by atoms with Crippen LogP contribution in [-0.4, -0.2) is 59.9 Å². The fourth-order valence-corrected chi connectivity index (χ4v) is 3.41. The predicted molar refractivity (Wildman–Crippen MR) is 105 cm³/mol. The monoisotopic (exact) mass is 462 g/mol. The third-order valence-electron chi connectivity index (χ3n) is 5.28. The van der Waals surface area contributed by atoms with Crippen molar-refractivity contribution < 1.29 is 41.8 Å². The van der Waals surface area contributed by atoms with Gasteiger partial charge in [-0.1, -0.05) is 13.8 Å². The van der Waals surface area contributed by atoms with E-state index in [0.29, 0.717) is 32.2 Å². The average molecular weight is 462 g/mol. The van der Waals surface area contributed by atoms with E-state index < -0.39 is 59.6 Å². The van der Waals surface area contributed by atoms with Crippen LogP contribution in [0, 0.1) is 35.1 Å². The number of carbonyl (C=O) groups is 3. The number of halogens is 4. The zero-order valence-electron chi connectivity index (χ0n) is 17.7. The SMILES string of the molecule is CC(C)C(=O)N1CCC(C(=O)NC(CC=O)C(O)COc2c(F)c(F)cc(F)c2F)CC1. The minimum atomic E-state index is -1.77. The van der Waals surface area contributed by atoms with Gasteiger partial charge in [0.1, 0.15) is 19.0 Å². The van der Waals surface area contributed by atoms with Crippen LogP contribution in [-0.2, 0) is 14.4 Å². The van der Waals surface area contributed by atoms with Gasteiger partial charge in [0.05, 0.1) is 6.04 Å². The first-order chi connectivity index (χ1) is 15.1. The van der Waals surface area contributed by atoms with Crippen molar-refractivity contribution >= 4 is 18.1 Å². The molecule has 0 aliphatic carbocycles. The fraction of sp³-hybridized carbons (Fsp3) is 0.571. The molecule has 0 aromatic heterocycles. The molecule has 32 heavy (non-hydrogen) atoms. The summed E-state index contributed by atoms with van der Waals surface area (Å²) < 4.78 is 58.6. The van der Waals surface area contributed by atoms with Gasteiger partial charge >= 0.3 is 0 Å². The molecule has 1 fully saturated rings. The number of aliphatic hydroxyl groups is 1. The van der Waals surface area contributed by atoms with E-state index in [2.05, 4.69) is 5.32 Å². The molecule has 1 aliphatic heterocycles. The molecule has 1 saturated heterocycles. The van der Waals surface area contributed by atoms with Crippen molar-refractivity contribution in [1.29, 1.82) is 0 Å². The van der Waals surface area contributed by atoms with Gasteiger partial charge in [-0.3, -0.25) is 9.59 Å². The van der Waals surface area contributed by atoms with Crippen LogP contribution in [0.5, 0.6) is 5.75 Å². The standard InChI is InChI=1S/C21H26F4N2O5/c1-11(2)21(31)27-6-3-12(4-7-27)20(30)26-15(5-8-28)16(29)10-32-19-17(24)13(22)9-14(23)18(19)25/h8-9,11-12,15-16,29H,3-7,10H2,1-2H3,(H,26,30). The number of piperidine rings is 1. The summed E-state index contributed by atoms with van der Waals surface area (Å²) >= 11 is 0. The highest BCUT2D eigenvalue weighted by atomic mass is 19.2. The predicted octanol–water partition coefficient (Wildman–Crippen LogP) is 1.95. The normalized spacial score (nSPS) is 16.6. The zero-order chi connectivity index (χ0) is 24.0. The number of nitrogens with one attached hydrogen (secondary N) is 1. The van der Waals surface area contributed by atoms with Crippen LogP contribution in [0.4, 0.5) is 17.6 Å². The van der Waals surface area contributed by atoms with Crippen LogP contribution in [0.1, 0.15) is 33.1 Å². The molecule has 2 amide bonds. The lowest BCUT2D eigenvalue weighted by Gasteiger charge is -2.33. The number of benzene rings is 1. The van der Waals surface area contributed by atoms with Crippen molar-refractivity contribution in [3.05, 3.63) is 29.3 Å². The van der Waals surface area contributed by atoms with Gasteiger partial charge in [0, 0.05) is 37.4 Å². The second kappa shape index (κ2) is 11.3. The van der Waals surface area contributed by atoms with Crippen molar-refractivity contribution in [2.75, 3.05) is 19.7 Å². The summed E-state index contributed by atoms with van der Waals surface area (Å²) in [5.41, 5.74) is 0. The molecule has 2 unspecified atom stereocenters. The maximum absolute atomic E-state index is 13.7. The highest BCUT2D eigenvalue weighted by Gasteiger charge is 2.31. The molecule has 11 heteroatoms. The second-order valence-corrected chi connectivity index (χ2v) is 7.95. The first-order valence-electron chi connectivity index (χ1n) is 10.2. The smallest absolute Gasteiger partial charge is 0.225 e. The number of amides is 2. The van der Waals surface area contributed by atoms with E-state index >= 15 is 0 Å². The lowest BCUT2D eigenvalue weighted by Crippen LogP contribution is -2.50. The van der Waals surface area contributed by atoms with E-state index in [9.17, 15) is 37.1 Å². The quantitative estimate of drug-likeness (QED) is 0.332. The average Bonchev–Trinajstić information content (AvgIpc) is 2.76. The summed E-state index contributed by atoms with van der Waals surface area (Å²) in [4.78, 5) is 37.2. The topological polar surface area (TPSA) is 95.9 Å². The van der Waals surface area contributed by atoms with Crippen LogP contribution in [0.3, 0.4) is 0 Å². The molecule has 1 heterocycles. The van der Waals surface area contributed by atoms with Crippen LogP contribution < -0.4 is 10.1 Å². The Morgan fingerprint density at radius 3 is 2.25 bits per heavy atom. The number of ether oxygens (including phenoxy) is 1. The van der Waals surface area contributed by atoms with Gasteiger partial charge in [0.25, 0.3) is 0 Å². The van der Waals surface area contributed by atoms with E-state index in [1.165, 1.54) is 0 Å². The van der Waals surface area contributed by atoms with Gasteiger partial charge < -0.3 is 24.9 Å². The molecule has 0 bridgehead atoms. The molecular weight excluding hydrogens is 436 g/mol. The summed E-state index contributed by atoms with van der Waals surface area (Å²) in [6, 6.07) is -1.14. The number of rotatable bonds is 9. The maximum atomic E-state index is 13.7. The highest BCUT2D eigenvalue weighted by molar-refractivity contribution is 5.81. The molecule has 1 aliphatic rings. The third-order valence-corrected chi connectivity index (χ3v) is 5.28. The molecule has 0 saturated carbocycles. The van der Waals surface area contributed by atoms with Crippen molar-refractivity contribution in [3.8, 4) is 5.75 Å². The number of hydrogen-bond acceptors (Lipinski definition) is 5. The van der Waals surface area contributed by atoms with Crippen LogP contribution >= 0.6 is 0 Å². The molecule has 0 spiro atoms. The molecule has 2 atom stereocenters. The van der Waals surface area contributed by atoms with Crippen LogP contribution in [0.15, 0.2) is 6.07 Å². The second-order valence-electron chi connectivity index (χ2n) is 7.95. The molecule has 0 radical (unpaired) electrons. The van der Waals surface area contributed by atoms with Gasteiger partial charge in [0.2, 0.25) is 23.4 Å². The maximum Gasteiger partial charge on any atom is 0.225 e. The van der Waals surface area contributed by atoms with Gasteiger partial charge in [-0.15, -0.1) is 0 Å². The summed E-state index contributed by atoms with van der Waals surface area (Å²) in [6.45, 7) is 3.51. The largest absolute Gasteiger partial charge is 0.485 e. The van der Waals surface area contributed by atoms with Crippen LogP contribution in [0.2, 0.25) is 0 Å². The van der Waals surface area contributed by atoms with E-state index in [0.717, 1.165) is 0 Å². The summed E-state index contributed by atoms with van der Waals surface area (Å²) in [5, 5.41) is 12.8. The molecule has 2 rings (SSSR count). The number of aliphatic hydroxyl groups excluding tert-OH is 1. The zero-order valence-corrected chi connectivity index (χ0v) is 17.7. The summed E-state index contributed by atoms with van der Waals surface area (Å²) in [6.07, 6.45) is -0.713. The van der Waals surface area contributed by atoms with Crippen molar-refractivity contribution in [2.24, 2.45) is 11.8 Å². The van der Waals surface area contributed by atoms with E-state index in [-0.39, 0.29) is 24.3 Å². The Kier molecular flexibility index (Phi) is 8.99. The van der Waals surface area contributed by atoms with Gasteiger partial charge in [0.15, 0.2) is 17.4 Å². The third kappa shape index (κ3) is 6.18. The Bertz CT molecular complexity index is 818. The Morgan fingerprint density at radius 2 is 1.75 bits per heavy atom. The summed E-state index contributed by atoms with van der Waals surface area (Å²) in [7, 11) is 0. The molecule has 2 N–H and O–H groups in total. The minimum absolute atomic E-state index is 0.0106. The first kappa shape index (κ1) is 25.6. The lowest BCUT2D eigenvalue weighted by molar-refractivity contribution is -0.138. The Hall–Kier alpha value is -2.69. The van der Waals surface area contributed by atoms with Crippen molar-refractivity contribution in [1.82, 2.24) is 10.2 Å². The number of nitrogens with zero attached hydrogens (tertiary/aromatic N) is 1. The fourth-order valence-electron chi connectivity index (χ4n) is 3.41. The summed E-state index contributed by atoms with van der Waals surface area (Å²) in [5.74, 6) is -9.31. The van der Waals surface area contributed by atoms with E-state index in [1.807, 2.05) is 0 Å². The van der Waals surface area contributed by atoms with Gasteiger partial charge in [-0.05, 0) is 12.8 Å². The molecule has 178 valence electrons. The number of likely N-dealkylation sites (tertiary alicyclic amines) is 1. The lowest BCUT2D eigenvalue weighted by atomic mass is 9.94. The van der Waals surface area contributed by atoms with E-state index in [1.54, 1.807) is 18.7 Å². The number of carbonyl (C=O) groups excluding carboxylic acids is 3. The first-order valence-corrected chi connectivity index (χ1v) is 10.2. The van der Waals surface area contributed by atoms with Crippen molar-refractivity contribution in [2.45, 2.75) is 45.3 Å². The molecule has 1 aromatic carbocycles. The molecule has 1 aromatic rings. The Morgan fingerprint density at radius 1 is 1.19 bits per heavy atom. The Balaban J connectivity index is 1.96. The highest BCUT2D eigenvalue weighted by Crippen LogP contribution is 2.27. The van der Waals surface area contributed by atoms with Crippen molar-refractivity contribution in [3.63, 3.8) is 0 Å². The van der Waals surface area contributed by atoms with Crippen LogP contribution in [0.25, 0.3) is 0 Å². The van der Waals surface area contributed by atoms with Gasteiger partial charge in [-0.25, -0.2) is 8.78 Å². The Labute approximate surface area is 182 Å². The minimum Gasteiger partial charge on any atom is -0.485 e.